The Kier molecular flexibility index (Phi) is 3.54. The molecule has 2 aromatic carbocycles. The van der Waals surface area contributed by atoms with Gasteiger partial charge in [-0.1, -0.05) is 11.6 Å². The summed E-state index contributed by atoms with van der Waals surface area (Å²) in [6, 6.07) is 11.8. The Balaban J connectivity index is 2.28. The van der Waals surface area contributed by atoms with E-state index in [9.17, 15) is 4.39 Å². The average Bonchev–Trinajstić information content (AvgIpc) is 2.85. The highest BCUT2D eigenvalue weighted by molar-refractivity contribution is 6.31. The zero-order valence-electron chi connectivity index (χ0n) is 10.6. The van der Waals surface area contributed by atoms with E-state index >= 15 is 0 Å². The number of benzene rings is 2. The molecule has 3 nitrogen and oxygen atoms in total. The lowest BCUT2D eigenvalue weighted by molar-refractivity contribution is 0.630. The van der Waals surface area contributed by atoms with Crippen LogP contribution in [0.5, 0.6) is 0 Å². The molecule has 21 heavy (non-hydrogen) atoms. The predicted molar refractivity (Wildman–Crippen MR) is 80.3 cm³/mol. The second-order valence-corrected chi connectivity index (χ2v) is 5.09. The zero-order chi connectivity index (χ0) is 15.0. The quantitative estimate of drug-likeness (QED) is 0.656. The number of aromatic nitrogens is 2. The summed E-state index contributed by atoms with van der Waals surface area (Å²) in [7, 11) is 0. The van der Waals surface area contributed by atoms with E-state index < -0.39 is 5.82 Å². The molecule has 0 bridgehead atoms. The van der Waals surface area contributed by atoms with E-state index in [1.54, 1.807) is 28.8 Å². The minimum Gasteiger partial charge on any atom is -0.295 e. The third kappa shape index (κ3) is 2.35. The van der Waals surface area contributed by atoms with E-state index in [1.165, 1.54) is 12.1 Å². The van der Waals surface area contributed by atoms with Crippen molar-refractivity contribution >= 4 is 34.2 Å². The second kappa shape index (κ2) is 5.36. The maximum absolute atomic E-state index is 13.5. The molecule has 104 valence electrons. The minimum atomic E-state index is -0.519. The number of hydrogen-bond donors (Lipinski definition) is 0. The van der Waals surface area contributed by atoms with Crippen LogP contribution in [-0.4, -0.2) is 9.55 Å². The fourth-order valence-electron chi connectivity index (χ4n) is 2.19. The molecule has 0 aliphatic heterocycles. The number of alkyl halides is 1. The SMILES string of the molecule is N#Cc1ccc(-n2c(CCl)nc3cc(F)c(Cl)cc32)cc1. The Labute approximate surface area is 130 Å². The highest BCUT2D eigenvalue weighted by Gasteiger charge is 2.14. The molecular formula is C15H8Cl2FN3. The number of nitriles is 1. The lowest BCUT2D eigenvalue weighted by Gasteiger charge is -2.08. The molecule has 0 atom stereocenters. The molecule has 0 spiro atoms. The van der Waals surface area contributed by atoms with Gasteiger partial charge in [-0.25, -0.2) is 9.37 Å². The van der Waals surface area contributed by atoms with Crippen LogP contribution in [0.2, 0.25) is 5.02 Å². The van der Waals surface area contributed by atoms with Gasteiger partial charge in [-0.3, -0.25) is 4.57 Å². The van der Waals surface area contributed by atoms with Crippen molar-refractivity contribution in [3.05, 3.63) is 58.6 Å². The number of nitrogens with zero attached hydrogens (tertiary/aromatic N) is 3. The van der Waals surface area contributed by atoms with Gasteiger partial charge in [-0.2, -0.15) is 5.26 Å². The Morgan fingerprint density at radius 1 is 1.24 bits per heavy atom. The number of hydrogen-bond acceptors (Lipinski definition) is 2. The van der Waals surface area contributed by atoms with E-state index in [4.69, 9.17) is 28.5 Å². The zero-order valence-corrected chi connectivity index (χ0v) is 12.2. The monoisotopic (exact) mass is 319 g/mol. The molecule has 0 saturated carbocycles. The number of imidazole rings is 1. The van der Waals surface area contributed by atoms with Crippen molar-refractivity contribution in [1.29, 1.82) is 5.26 Å². The Hall–Kier alpha value is -2.09. The first-order valence-electron chi connectivity index (χ1n) is 6.07. The first-order chi connectivity index (χ1) is 10.1. The molecule has 6 heteroatoms. The molecule has 0 amide bonds. The smallest absolute Gasteiger partial charge is 0.144 e. The lowest BCUT2D eigenvalue weighted by atomic mass is 10.2. The fourth-order valence-corrected chi connectivity index (χ4v) is 2.52. The van der Waals surface area contributed by atoms with Gasteiger partial charge in [0.15, 0.2) is 0 Å². The van der Waals surface area contributed by atoms with Crippen molar-refractivity contribution in [2.75, 3.05) is 0 Å². The van der Waals surface area contributed by atoms with Crippen LogP contribution in [-0.2, 0) is 5.88 Å². The van der Waals surface area contributed by atoms with Crippen LogP contribution in [0, 0.1) is 17.1 Å². The highest BCUT2D eigenvalue weighted by Crippen LogP contribution is 2.27. The van der Waals surface area contributed by atoms with Crippen LogP contribution in [0.1, 0.15) is 11.4 Å². The van der Waals surface area contributed by atoms with Crippen molar-refractivity contribution in [1.82, 2.24) is 9.55 Å². The molecule has 1 heterocycles. The van der Waals surface area contributed by atoms with E-state index in [2.05, 4.69) is 11.1 Å². The topological polar surface area (TPSA) is 41.6 Å². The van der Waals surface area contributed by atoms with Crippen molar-refractivity contribution in [2.45, 2.75) is 5.88 Å². The third-order valence-electron chi connectivity index (χ3n) is 3.14. The highest BCUT2D eigenvalue weighted by atomic mass is 35.5. The summed E-state index contributed by atoms with van der Waals surface area (Å²) in [6.07, 6.45) is 0. The summed E-state index contributed by atoms with van der Waals surface area (Å²) >= 11 is 11.8. The summed E-state index contributed by atoms with van der Waals surface area (Å²) in [5.74, 6) is 0.237. The van der Waals surface area contributed by atoms with Crippen LogP contribution in [0.4, 0.5) is 4.39 Å². The Bertz CT molecular complexity index is 863. The minimum absolute atomic E-state index is 0.0263. The molecule has 0 aliphatic rings. The average molecular weight is 320 g/mol. The van der Waals surface area contributed by atoms with Crippen molar-refractivity contribution in [2.24, 2.45) is 0 Å². The maximum Gasteiger partial charge on any atom is 0.144 e. The van der Waals surface area contributed by atoms with Crippen LogP contribution in [0.15, 0.2) is 36.4 Å². The summed E-state index contributed by atoms with van der Waals surface area (Å²) in [5.41, 5.74) is 2.49. The van der Waals surface area contributed by atoms with Crippen molar-refractivity contribution < 1.29 is 4.39 Å². The summed E-state index contributed by atoms with van der Waals surface area (Å²) in [4.78, 5) is 4.32. The largest absolute Gasteiger partial charge is 0.295 e. The molecule has 0 fully saturated rings. The van der Waals surface area contributed by atoms with Crippen LogP contribution < -0.4 is 0 Å². The van der Waals surface area contributed by atoms with E-state index in [1.807, 2.05) is 0 Å². The molecule has 0 N–H and O–H groups in total. The first-order valence-corrected chi connectivity index (χ1v) is 6.98. The van der Waals surface area contributed by atoms with Crippen molar-refractivity contribution in [3.63, 3.8) is 0 Å². The van der Waals surface area contributed by atoms with Gasteiger partial charge in [0.05, 0.1) is 33.6 Å². The number of fused-ring (bicyclic) bond motifs is 1. The van der Waals surface area contributed by atoms with E-state index in [0.717, 1.165) is 5.69 Å². The van der Waals surface area contributed by atoms with Crippen LogP contribution >= 0.6 is 23.2 Å². The maximum atomic E-state index is 13.5. The molecule has 0 unspecified atom stereocenters. The Morgan fingerprint density at radius 3 is 2.57 bits per heavy atom. The Morgan fingerprint density at radius 2 is 1.95 bits per heavy atom. The van der Waals surface area contributed by atoms with Gasteiger partial charge in [0.25, 0.3) is 0 Å². The molecule has 3 aromatic rings. The third-order valence-corrected chi connectivity index (χ3v) is 3.67. The van der Waals surface area contributed by atoms with Gasteiger partial charge in [0, 0.05) is 11.8 Å². The van der Waals surface area contributed by atoms with Gasteiger partial charge in [0.2, 0.25) is 0 Å². The molecular weight excluding hydrogens is 312 g/mol. The number of rotatable bonds is 2. The molecule has 3 rings (SSSR count). The molecule has 0 aliphatic carbocycles. The van der Waals surface area contributed by atoms with Gasteiger partial charge in [0.1, 0.15) is 11.6 Å². The lowest BCUT2D eigenvalue weighted by Crippen LogP contribution is -1.99. The standard InChI is InChI=1S/C15H8Cl2FN3/c16-7-15-20-13-6-12(18)11(17)5-14(13)21(15)10-3-1-9(8-19)2-4-10/h1-6H,7H2. The van der Waals surface area contributed by atoms with Crippen LogP contribution in [0.3, 0.4) is 0 Å². The first kappa shape index (κ1) is 13.9. The van der Waals surface area contributed by atoms with Gasteiger partial charge in [-0.05, 0) is 30.3 Å². The van der Waals surface area contributed by atoms with Gasteiger partial charge < -0.3 is 0 Å². The van der Waals surface area contributed by atoms with Gasteiger partial charge in [-0.15, -0.1) is 11.6 Å². The fraction of sp³-hybridized carbons (Fsp3) is 0.0667. The summed E-state index contributed by atoms with van der Waals surface area (Å²) < 4.78 is 15.3. The van der Waals surface area contributed by atoms with Crippen molar-refractivity contribution in [3.8, 4) is 11.8 Å². The van der Waals surface area contributed by atoms with Crippen LogP contribution in [0.25, 0.3) is 16.7 Å². The summed E-state index contributed by atoms with van der Waals surface area (Å²) in [6.45, 7) is 0. The normalized spacial score (nSPS) is 10.8. The molecule has 0 radical (unpaired) electrons. The van der Waals surface area contributed by atoms with E-state index in [-0.39, 0.29) is 10.9 Å². The molecule has 0 saturated heterocycles. The summed E-state index contributed by atoms with van der Waals surface area (Å²) in [5, 5.41) is 8.88. The molecule has 1 aromatic heterocycles. The van der Waals surface area contributed by atoms with E-state index in [0.29, 0.717) is 22.4 Å². The van der Waals surface area contributed by atoms with Gasteiger partial charge >= 0.3 is 0 Å². The second-order valence-electron chi connectivity index (χ2n) is 4.41. The number of halogens is 3. The predicted octanol–water partition coefficient (Wildman–Crippen LogP) is 4.43.